The van der Waals surface area contributed by atoms with Crippen molar-refractivity contribution in [1.29, 1.82) is 0 Å². The van der Waals surface area contributed by atoms with Crippen LogP contribution in [0.4, 0.5) is 4.79 Å². The molecule has 0 saturated carbocycles. The van der Waals surface area contributed by atoms with Crippen LogP contribution in [0.5, 0.6) is 5.75 Å². The maximum Gasteiger partial charge on any atom is 0.336 e. The predicted molar refractivity (Wildman–Crippen MR) is 102 cm³/mol. The summed E-state index contributed by atoms with van der Waals surface area (Å²) in [6, 6.07) is 14.9. The van der Waals surface area contributed by atoms with Gasteiger partial charge in [0.25, 0.3) is 5.91 Å². The van der Waals surface area contributed by atoms with Crippen LogP contribution in [0.15, 0.2) is 63.8 Å². The van der Waals surface area contributed by atoms with Crippen LogP contribution >= 0.6 is 0 Å². The normalized spacial score (nSPS) is 19.1. The lowest BCUT2D eigenvalue weighted by molar-refractivity contribution is -0.131. The number of urea groups is 1. The standard InChI is InChI=1S/C21H18N2O5/c1-21(14-6-4-3-5-7-14)19(25)23(20(26)22-21)12-13-10-18(24)28-17-11-15(27-2)8-9-16(13)17/h3-11H,12H2,1-2H3,(H,22,26)/t21-/m0/s1. The number of hydrogen-bond donors (Lipinski definition) is 1. The van der Waals surface area contributed by atoms with Crippen molar-refractivity contribution in [2.24, 2.45) is 0 Å². The number of benzene rings is 2. The number of nitrogens with one attached hydrogen (secondary N) is 1. The van der Waals surface area contributed by atoms with Gasteiger partial charge in [0.05, 0.1) is 13.7 Å². The van der Waals surface area contributed by atoms with Crippen LogP contribution in [0.1, 0.15) is 18.1 Å². The average Bonchev–Trinajstić information content (AvgIpc) is 2.92. The first-order valence-electron chi connectivity index (χ1n) is 8.73. The molecule has 1 fully saturated rings. The van der Waals surface area contributed by atoms with E-state index >= 15 is 0 Å². The third-order valence-electron chi connectivity index (χ3n) is 4.99. The Kier molecular flexibility index (Phi) is 4.15. The lowest BCUT2D eigenvalue weighted by Crippen LogP contribution is -2.40. The average molecular weight is 378 g/mol. The van der Waals surface area contributed by atoms with Gasteiger partial charge in [-0.2, -0.15) is 0 Å². The first-order chi connectivity index (χ1) is 13.4. The molecule has 1 aliphatic heterocycles. The van der Waals surface area contributed by atoms with Gasteiger partial charge in [-0.25, -0.2) is 9.59 Å². The number of nitrogens with zero attached hydrogens (tertiary/aromatic N) is 1. The highest BCUT2D eigenvalue weighted by Crippen LogP contribution is 2.31. The number of methoxy groups -OCH3 is 1. The van der Waals surface area contributed by atoms with Crippen LogP contribution in [-0.4, -0.2) is 23.9 Å². The van der Waals surface area contributed by atoms with Crippen molar-refractivity contribution in [3.8, 4) is 5.75 Å². The second-order valence-corrected chi connectivity index (χ2v) is 6.77. The zero-order valence-electron chi connectivity index (χ0n) is 15.4. The number of rotatable bonds is 4. The van der Waals surface area contributed by atoms with E-state index in [0.29, 0.717) is 27.8 Å². The van der Waals surface area contributed by atoms with Crippen LogP contribution in [-0.2, 0) is 16.9 Å². The Morgan fingerprint density at radius 3 is 2.54 bits per heavy atom. The van der Waals surface area contributed by atoms with E-state index in [0.717, 1.165) is 4.90 Å². The van der Waals surface area contributed by atoms with Crippen molar-refractivity contribution in [3.05, 3.63) is 76.1 Å². The van der Waals surface area contributed by atoms with Gasteiger partial charge in [-0.1, -0.05) is 30.3 Å². The van der Waals surface area contributed by atoms with E-state index in [1.807, 2.05) is 18.2 Å². The molecule has 1 atom stereocenters. The SMILES string of the molecule is COc1ccc2c(CN3C(=O)N[C@@](C)(c4ccccc4)C3=O)cc(=O)oc2c1. The van der Waals surface area contributed by atoms with E-state index < -0.39 is 17.2 Å². The monoisotopic (exact) mass is 378 g/mol. The maximum atomic E-state index is 13.1. The highest BCUT2D eigenvalue weighted by molar-refractivity contribution is 6.07. The molecule has 2 aromatic carbocycles. The third-order valence-corrected chi connectivity index (χ3v) is 4.99. The summed E-state index contributed by atoms with van der Waals surface area (Å²) in [5.74, 6) is 0.165. The molecule has 0 unspecified atom stereocenters. The largest absolute Gasteiger partial charge is 0.497 e. The van der Waals surface area contributed by atoms with Crippen molar-refractivity contribution in [3.63, 3.8) is 0 Å². The Morgan fingerprint density at radius 2 is 1.82 bits per heavy atom. The van der Waals surface area contributed by atoms with Crippen molar-refractivity contribution in [2.45, 2.75) is 19.0 Å². The Labute approximate surface area is 160 Å². The van der Waals surface area contributed by atoms with Gasteiger partial charge in [-0.3, -0.25) is 9.69 Å². The summed E-state index contributed by atoms with van der Waals surface area (Å²) in [6.45, 7) is 1.63. The highest BCUT2D eigenvalue weighted by atomic mass is 16.5. The molecule has 1 aromatic heterocycles. The van der Waals surface area contributed by atoms with E-state index in [-0.39, 0.29) is 12.5 Å². The van der Waals surface area contributed by atoms with Crippen molar-refractivity contribution >= 4 is 22.9 Å². The molecular formula is C21H18N2O5. The molecule has 0 spiro atoms. The number of carbonyl (C=O) groups is 2. The third kappa shape index (κ3) is 2.81. The van der Waals surface area contributed by atoms with Crippen molar-refractivity contribution in [1.82, 2.24) is 10.2 Å². The van der Waals surface area contributed by atoms with E-state index in [9.17, 15) is 14.4 Å². The van der Waals surface area contributed by atoms with E-state index in [4.69, 9.17) is 9.15 Å². The molecule has 3 aromatic rings. The second kappa shape index (κ2) is 6.53. The Bertz CT molecular complexity index is 1140. The molecule has 4 rings (SSSR count). The molecule has 0 bridgehead atoms. The number of amides is 3. The summed E-state index contributed by atoms with van der Waals surface area (Å²) in [5.41, 5.74) is -0.169. The van der Waals surface area contributed by atoms with Crippen LogP contribution in [0, 0.1) is 0 Å². The first-order valence-corrected chi connectivity index (χ1v) is 8.73. The van der Waals surface area contributed by atoms with Gasteiger partial charge in [0.2, 0.25) is 0 Å². The van der Waals surface area contributed by atoms with Crippen LogP contribution in [0.3, 0.4) is 0 Å². The number of ether oxygens (including phenoxy) is 1. The lowest BCUT2D eigenvalue weighted by atomic mass is 9.92. The molecule has 1 saturated heterocycles. The minimum atomic E-state index is -1.16. The molecule has 142 valence electrons. The molecule has 28 heavy (non-hydrogen) atoms. The fraction of sp³-hybridized carbons (Fsp3) is 0.190. The van der Waals surface area contributed by atoms with Crippen LogP contribution in [0.2, 0.25) is 0 Å². The smallest absolute Gasteiger partial charge is 0.336 e. The Balaban J connectivity index is 1.73. The van der Waals surface area contributed by atoms with Gasteiger partial charge >= 0.3 is 11.7 Å². The number of carbonyl (C=O) groups excluding carboxylic acids is 2. The van der Waals surface area contributed by atoms with Gasteiger partial charge in [-0.05, 0) is 30.2 Å². The molecule has 1 aliphatic rings. The van der Waals surface area contributed by atoms with Crippen molar-refractivity contribution < 1.29 is 18.7 Å². The van der Waals surface area contributed by atoms with Gasteiger partial charge < -0.3 is 14.5 Å². The van der Waals surface area contributed by atoms with Crippen molar-refractivity contribution in [2.75, 3.05) is 7.11 Å². The Hall–Kier alpha value is -3.61. The Morgan fingerprint density at radius 1 is 1.07 bits per heavy atom. The summed E-state index contributed by atoms with van der Waals surface area (Å²) >= 11 is 0. The molecule has 0 radical (unpaired) electrons. The van der Waals surface area contributed by atoms with Gasteiger partial charge in [0.1, 0.15) is 16.9 Å². The van der Waals surface area contributed by atoms with Gasteiger partial charge in [0.15, 0.2) is 0 Å². The first kappa shape index (κ1) is 17.8. The van der Waals surface area contributed by atoms with Gasteiger partial charge in [-0.15, -0.1) is 0 Å². The summed E-state index contributed by atoms with van der Waals surface area (Å²) in [5, 5.41) is 3.40. The molecule has 1 N–H and O–H groups in total. The zero-order valence-corrected chi connectivity index (χ0v) is 15.4. The summed E-state index contributed by atoms with van der Waals surface area (Å²) in [4.78, 5) is 38.8. The van der Waals surface area contributed by atoms with E-state index in [2.05, 4.69) is 5.32 Å². The molecule has 0 aliphatic carbocycles. The number of hydrogen-bond acceptors (Lipinski definition) is 5. The maximum absolute atomic E-state index is 13.1. The minimum Gasteiger partial charge on any atom is -0.497 e. The summed E-state index contributed by atoms with van der Waals surface area (Å²) < 4.78 is 10.4. The number of fused-ring (bicyclic) bond motifs is 1. The predicted octanol–water partition coefficient (Wildman–Crippen LogP) is 2.77. The quantitative estimate of drug-likeness (QED) is 0.557. The summed E-state index contributed by atoms with van der Waals surface area (Å²) in [7, 11) is 1.51. The van der Waals surface area contributed by atoms with E-state index in [1.54, 1.807) is 37.3 Å². The molecule has 7 nitrogen and oxygen atoms in total. The topological polar surface area (TPSA) is 88.9 Å². The van der Waals surface area contributed by atoms with E-state index in [1.165, 1.54) is 13.2 Å². The molecular weight excluding hydrogens is 360 g/mol. The molecule has 7 heteroatoms. The fourth-order valence-corrected chi connectivity index (χ4v) is 3.45. The molecule has 2 heterocycles. The number of imide groups is 1. The van der Waals surface area contributed by atoms with Crippen LogP contribution in [0.25, 0.3) is 11.0 Å². The zero-order chi connectivity index (χ0) is 19.9. The highest BCUT2D eigenvalue weighted by Gasteiger charge is 2.48. The second-order valence-electron chi connectivity index (χ2n) is 6.77. The molecule has 3 amide bonds. The van der Waals surface area contributed by atoms with Gasteiger partial charge in [0, 0.05) is 17.5 Å². The minimum absolute atomic E-state index is 0.0402. The lowest BCUT2D eigenvalue weighted by Gasteiger charge is -2.22. The fourth-order valence-electron chi connectivity index (χ4n) is 3.45. The summed E-state index contributed by atoms with van der Waals surface area (Å²) in [6.07, 6.45) is 0. The van der Waals surface area contributed by atoms with Crippen LogP contribution < -0.4 is 15.7 Å².